The minimum atomic E-state index is -0.265. The van der Waals surface area contributed by atoms with E-state index in [0.29, 0.717) is 5.69 Å². The van der Waals surface area contributed by atoms with E-state index < -0.39 is 0 Å². The minimum absolute atomic E-state index is 0.147. The molecule has 2 rings (SSSR count). The van der Waals surface area contributed by atoms with Crippen molar-refractivity contribution in [3.05, 3.63) is 21.6 Å². The first-order valence-electron chi connectivity index (χ1n) is 5.32. The molecular weight excluding hydrogens is 228 g/mol. The van der Waals surface area contributed by atoms with Gasteiger partial charge in [0.2, 0.25) is 0 Å². The summed E-state index contributed by atoms with van der Waals surface area (Å²) in [6, 6.07) is 0.147. The second kappa shape index (κ2) is 4.43. The van der Waals surface area contributed by atoms with Gasteiger partial charge in [-0.2, -0.15) is 5.10 Å². The topological polar surface area (TPSA) is 64.2 Å². The van der Waals surface area contributed by atoms with Crippen molar-refractivity contribution in [2.75, 3.05) is 18.0 Å². The number of rotatable bonds is 1. The van der Waals surface area contributed by atoms with E-state index in [4.69, 9.17) is 17.3 Å². The fourth-order valence-corrected chi connectivity index (χ4v) is 2.24. The van der Waals surface area contributed by atoms with Crippen LogP contribution in [0.4, 0.5) is 5.69 Å². The van der Waals surface area contributed by atoms with Gasteiger partial charge in [-0.1, -0.05) is 11.6 Å². The first-order valence-corrected chi connectivity index (χ1v) is 5.69. The lowest BCUT2D eigenvalue weighted by atomic mass is 10.1. The summed E-state index contributed by atoms with van der Waals surface area (Å²) < 4.78 is 1.23. The van der Waals surface area contributed by atoms with Crippen LogP contribution < -0.4 is 16.2 Å². The Balaban J connectivity index is 2.33. The molecule has 1 fully saturated rings. The van der Waals surface area contributed by atoms with Crippen molar-refractivity contribution >= 4 is 17.3 Å². The molecule has 1 aromatic heterocycles. The molecule has 0 amide bonds. The van der Waals surface area contributed by atoms with E-state index in [1.807, 2.05) is 4.90 Å². The largest absolute Gasteiger partial charge is 0.367 e. The van der Waals surface area contributed by atoms with Gasteiger partial charge in [-0.3, -0.25) is 4.79 Å². The van der Waals surface area contributed by atoms with Gasteiger partial charge in [-0.15, -0.1) is 0 Å². The number of piperidine rings is 1. The molecule has 1 aromatic rings. The Labute approximate surface area is 98.8 Å². The van der Waals surface area contributed by atoms with E-state index in [1.165, 1.54) is 4.68 Å². The summed E-state index contributed by atoms with van der Waals surface area (Å²) in [5.74, 6) is 0. The van der Waals surface area contributed by atoms with Gasteiger partial charge in [-0.05, 0) is 12.8 Å². The van der Waals surface area contributed by atoms with Gasteiger partial charge in [0, 0.05) is 26.2 Å². The Bertz CT molecular complexity index is 445. The molecule has 5 nitrogen and oxygen atoms in total. The van der Waals surface area contributed by atoms with Crippen molar-refractivity contribution in [1.82, 2.24) is 9.78 Å². The smallest absolute Gasteiger partial charge is 0.287 e. The zero-order valence-corrected chi connectivity index (χ0v) is 9.94. The number of aryl methyl sites for hydroxylation is 1. The van der Waals surface area contributed by atoms with Crippen LogP contribution in [0.25, 0.3) is 0 Å². The summed E-state index contributed by atoms with van der Waals surface area (Å²) in [5.41, 5.74) is 6.32. The van der Waals surface area contributed by atoms with Crippen LogP contribution in [0.15, 0.2) is 11.0 Å². The zero-order chi connectivity index (χ0) is 11.7. The molecule has 1 saturated heterocycles. The van der Waals surface area contributed by atoms with Crippen LogP contribution in [-0.2, 0) is 7.05 Å². The normalized spacial score (nSPS) is 21.2. The van der Waals surface area contributed by atoms with Crippen LogP contribution in [0.1, 0.15) is 12.8 Å². The fraction of sp³-hybridized carbons (Fsp3) is 0.600. The molecule has 0 unspecified atom stereocenters. The quantitative estimate of drug-likeness (QED) is 0.773. The number of aromatic nitrogens is 2. The summed E-state index contributed by atoms with van der Waals surface area (Å²) in [6.45, 7) is 1.61. The molecule has 88 valence electrons. The maximum atomic E-state index is 11.6. The Morgan fingerprint density at radius 1 is 1.62 bits per heavy atom. The molecule has 0 saturated carbocycles. The van der Waals surface area contributed by atoms with Gasteiger partial charge in [0.15, 0.2) is 0 Å². The molecular formula is C10H15ClN4O. The molecule has 0 bridgehead atoms. The molecule has 0 aromatic carbocycles. The van der Waals surface area contributed by atoms with E-state index in [1.54, 1.807) is 13.2 Å². The Hall–Kier alpha value is -1.07. The molecule has 0 aliphatic carbocycles. The van der Waals surface area contributed by atoms with Crippen LogP contribution >= 0.6 is 11.6 Å². The number of anilines is 1. The highest BCUT2D eigenvalue weighted by Gasteiger charge is 2.20. The second-order valence-electron chi connectivity index (χ2n) is 4.12. The summed E-state index contributed by atoms with van der Waals surface area (Å²) >= 11 is 6.02. The van der Waals surface area contributed by atoms with Crippen LogP contribution in [0.5, 0.6) is 0 Å². The number of hydrogen-bond acceptors (Lipinski definition) is 4. The summed E-state index contributed by atoms with van der Waals surface area (Å²) in [4.78, 5) is 13.7. The third-order valence-electron chi connectivity index (χ3n) is 2.86. The summed E-state index contributed by atoms with van der Waals surface area (Å²) in [7, 11) is 1.58. The molecule has 1 atom stereocenters. The van der Waals surface area contributed by atoms with E-state index in [0.717, 1.165) is 25.9 Å². The monoisotopic (exact) mass is 242 g/mol. The highest BCUT2D eigenvalue weighted by Crippen LogP contribution is 2.23. The average molecular weight is 243 g/mol. The highest BCUT2D eigenvalue weighted by atomic mass is 35.5. The predicted octanol–water partition coefficient (Wildman–Crippen LogP) is 0.361. The van der Waals surface area contributed by atoms with Gasteiger partial charge >= 0.3 is 0 Å². The number of nitrogens with two attached hydrogens (primary N) is 1. The van der Waals surface area contributed by atoms with Crippen molar-refractivity contribution in [2.24, 2.45) is 12.8 Å². The number of nitrogens with zero attached hydrogens (tertiary/aromatic N) is 3. The lowest BCUT2D eigenvalue weighted by Gasteiger charge is -2.32. The van der Waals surface area contributed by atoms with Crippen molar-refractivity contribution in [3.63, 3.8) is 0 Å². The van der Waals surface area contributed by atoms with E-state index in [-0.39, 0.29) is 16.6 Å². The molecule has 0 spiro atoms. The highest BCUT2D eigenvalue weighted by molar-refractivity contribution is 6.33. The van der Waals surface area contributed by atoms with Crippen molar-refractivity contribution in [3.8, 4) is 0 Å². The first kappa shape index (κ1) is 11.4. The molecule has 16 heavy (non-hydrogen) atoms. The third kappa shape index (κ3) is 2.05. The van der Waals surface area contributed by atoms with Crippen molar-refractivity contribution in [2.45, 2.75) is 18.9 Å². The molecule has 1 aliphatic heterocycles. The summed E-state index contributed by atoms with van der Waals surface area (Å²) in [5, 5.41) is 4.21. The van der Waals surface area contributed by atoms with E-state index in [9.17, 15) is 4.79 Å². The van der Waals surface area contributed by atoms with Crippen molar-refractivity contribution < 1.29 is 0 Å². The van der Waals surface area contributed by atoms with Crippen LogP contribution in [-0.4, -0.2) is 28.9 Å². The summed E-state index contributed by atoms with van der Waals surface area (Å²) in [6.07, 6.45) is 3.67. The van der Waals surface area contributed by atoms with Crippen LogP contribution in [0.2, 0.25) is 5.02 Å². The lowest BCUT2D eigenvalue weighted by molar-refractivity contribution is 0.504. The first-order chi connectivity index (χ1) is 7.59. The SMILES string of the molecule is Cn1ncc(N2CCC[C@@H](N)C2)c(Cl)c1=O. The lowest BCUT2D eigenvalue weighted by Crippen LogP contribution is -2.43. The van der Waals surface area contributed by atoms with E-state index in [2.05, 4.69) is 5.10 Å². The van der Waals surface area contributed by atoms with Crippen LogP contribution in [0, 0.1) is 0 Å². The standard InChI is InChI=1S/C10H15ClN4O/c1-14-10(16)9(11)8(5-13-14)15-4-2-3-7(12)6-15/h5,7H,2-4,6,12H2,1H3/t7-/m1/s1. The van der Waals surface area contributed by atoms with Gasteiger partial charge < -0.3 is 10.6 Å². The van der Waals surface area contributed by atoms with Gasteiger partial charge in [-0.25, -0.2) is 4.68 Å². The fourth-order valence-electron chi connectivity index (χ4n) is 1.95. The Morgan fingerprint density at radius 3 is 3.06 bits per heavy atom. The number of halogens is 1. The molecule has 6 heteroatoms. The van der Waals surface area contributed by atoms with Crippen molar-refractivity contribution in [1.29, 1.82) is 0 Å². The second-order valence-corrected chi connectivity index (χ2v) is 4.50. The third-order valence-corrected chi connectivity index (χ3v) is 3.21. The zero-order valence-electron chi connectivity index (χ0n) is 9.19. The molecule has 2 heterocycles. The number of hydrogen-bond donors (Lipinski definition) is 1. The maximum absolute atomic E-state index is 11.6. The Morgan fingerprint density at radius 2 is 2.38 bits per heavy atom. The average Bonchev–Trinajstić information content (AvgIpc) is 2.26. The Kier molecular flexibility index (Phi) is 3.16. The van der Waals surface area contributed by atoms with Gasteiger partial charge in [0.05, 0.1) is 11.9 Å². The molecule has 0 radical (unpaired) electrons. The predicted molar refractivity (Wildman–Crippen MR) is 63.9 cm³/mol. The van der Waals surface area contributed by atoms with Gasteiger partial charge in [0.25, 0.3) is 5.56 Å². The van der Waals surface area contributed by atoms with Gasteiger partial charge in [0.1, 0.15) is 5.02 Å². The van der Waals surface area contributed by atoms with Crippen LogP contribution in [0.3, 0.4) is 0 Å². The maximum Gasteiger partial charge on any atom is 0.287 e. The molecule has 1 aliphatic rings. The molecule has 2 N–H and O–H groups in total. The van der Waals surface area contributed by atoms with E-state index >= 15 is 0 Å². The minimum Gasteiger partial charge on any atom is -0.367 e.